The molecule has 0 bridgehead atoms. The van der Waals surface area contributed by atoms with Crippen molar-refractivity contribution >= 4 is 17.3 Å². The Bertz CT molecular complexity index is 546. The number of aliphatic hydroxyl groups excluding tert-OH is 1. The average Bonchev–Trinajstić information content (AvgIpc) is 2.80. The molecule has 2 heterocycles. The molecule has 0 spiro atoms. The van der Waals surface area contributed by atoms with Crippen LogP contribution in [0.1, 0.15) is 12.8 Å². The number of anilines is 2. The van der Waals surface area contributed by atoms with Gasteiger partial charge in [-0.25, -0.2) is 9.97 Å². The lowest BCUT2D eigenvalue weighted by Crippen LogP contribution is -2.33. The van der Waals surface area contributed by atoms with Gasteiger partial charge in [0.2, 0.25) is 0 Å². The van der Waals surface area contributed by atoms with Crippen LogP contribution in [0.25, 0.3) is 5.65 Å². The Morgan fingerprint density at radius 2 is 2.33 bits per heavy atom. The van der Waals surface area contributed by atoms with Crippen LogP contribution in [0, 0.1) is 5.92 Å². The van der Waals surface area contributed by atoms with E-state index in [0.29, 0.717) is 5.92 Å². The fourth-order valence-electron chi connectivity index (χ4n) is 2.28. The number of nitrogens with zero attached hydrogens (tertiary/aromatic N) is 3. The fraction of sp³-hybridized carbons (Fsp3) is 0.500. The predicted molar refractivity (Wildman–Crippen MR) is 69.8 cm³/mol. The Labute approximate surface area is 105 Å². The number of aliphatic hydroxyl groups is 1. The van der Waals surface area contributed by atoms with Crippen molar-refractivity contribution in [3.8, 4) is 0 Å². The van der Waals surface area contributed by atoms with Gasteiger partial charge in [-0.15, -0.1) is 0 Å². The van der Waals surface area contributed by atoms with Crippen LogP contribution in [0.15, 0.2) is 18.6 Å². The SMILES string of the molecule is CNc1cn2ccnc2c(NCC2CC(O)C2)n1. The molecule has 3 N–H and O–H groups in total. The second kappa shape index (κ2) is 4.45. The second-order valence-electron chi connectivity index (χ2n) is 4.76. The van der Waals surface area contributed by atoms with Gasteiger partial charge in [0.1, 0.15) is 5.82 Å². The van der Waals surface area contributed by atoms with Gasteiger partial charge in [-0.05, 0) is 18.8 Å². The molecular formula is C12H17N5O. The molecule has 1 fully saturated rings. The van der Waals surface area contributed by atoms with Gasteiger partial charge < -0.3 is 20.1 Å². The van der Waals surface area contributed by atoms with Crippen LogP contribution in [-0.4, -0.2) is 39.2 Å². The zero-order valence-corrected chi connectivity index (χ0v) is 10.3. The largest absolute Gasteiger partial charge is 0.393 e. The Hall–Kier alpha value is -1.82. The van der Waals surface area contributed by atoms with Crippen LogP contribution in [-0.2, 0) is 0 Å². The van der Waals surface area contributed by atoms with E-state index in [4.69, 9.17) is 0 Å². The number of nitrogens with one attached hydrogen (secondary N) is 2. The van der Waals surface area contributed by atoms with Crippen molar-refractivity contribution in [2.45, 2.75) is 18.9 Å². The van der Waals surface area contributed by atoms with Gasteiger partial charge in [-0.3, -0.25) is 0 Å². The van der Waals surface area contributed by atoms with Crippen LogP contribution in [0.2, 0.25) is 0 Å². The molecule has 6 heteroatoms. The van der Waals surface area contributed by atoms with Gasteiger partial charge in [0.25, 0.3) is 0 Å². The lowest BCUT2D eigenvalue weighted by Gasteiger charge is -2.31. The van der Waals surface area contributed by atoms with Crippen molar-refractivity contribution in [1.29, 1.82) is 0 Å². The summed E-state index contributed by atoms with van der Waals surface area (Å²) in [6, 6.07) is 0. The van der Waals surface area contributed by atoms with E-state index in [1.54, 1.807) is 6.20 Å². The standard InChI is InChI=1S/C12H17N5O/c1-13-10-7-17-3-2-14-12(17)11(16-10)15-6-8-4-9(18)5-8/h2-3,7-9,13,18H,4-6H2,1H3,(H,15,16). The van der Waals surface area contributed by atoms with Crippen LogP contribution >= 0.6 is 0 Å². The molecule has 6 nitrogen and oxygen atoms in total. The highest BCUT2D eigenvalue weighted by Crippen LogP contribution is 2.27. The monoisotopic (exact) mass is 247 g/mol. The minimum atomic E-state index is -0.111. The molecule has 0 saturated heterocycles. The third kappa shape index (κ3) is 1.99. The van der Waals surface area contributed by atoms with E-state index in [1.807, 2.05) is 23.8 Å². The first kappa shape index (κ1) is 11.3. The maximum absolute atomic E-state index is 9.27. The Kier molecular flexibility index (Phi) is 2.79. The van der Waals surface area contributed by atoms with E-state index in [2.05, 4.69) is 20.6 Å². The predicted octanol–water partition coefficient (Wildman–Crippen LogP) is 0.954. The quantitative estimate of drug-likeness (QED) is 0.750. The van der Waals surface area contributed by atoms with Gasteiger partial charge in [0.15, 0.2) is 11.5 Å². The van der Waals surface area contributed by atoms with E-state index >= 15 is 0 Å². The molecule has 96 valence electrons. The highest BCUT2D eigenvalue weighted by Gasteiger charge is 2.26. The minimum Gasteiger partial charge on any atom is -0.393 e. The molecule has 2 aromatic heterocycles. The van der Waals surface area contributed by atoms with Crippen molar-refractivity contribution in [3.05, 3.63) is 18.6 Å². The molecule has 3 rings (SSSR count). The molecule has 18 heavy (non-hydrogen) atoms. The van der Waals surface area contributed by atoms with Gasteiger partial charge >= 0.3 is 0 Å². The van der Waals surface area contributed by atoms with Gasteiger partial charge in [-0.2, -0.15) is 0 Å². The summed E-state index contributed by atoms with van der Waals surface area (Å²) in [6.45, 7) is 0.833. The highest BCUT2D eigenvalue weighted by molar-refractivity contribution is 5.65. The van der Waals surface area contributed by atoms with E-state index in [1.165, 1.54) is 0 Å². The molecule has 2 aromatic rings. The van der Waals surface area contributed by atoms with E-state index in [9.17, 15) is 5.11 Å². The van der Waals surface area contributed by atoms with Crippen molar-refractivity contribution < 1.29 is 5.11 Å². The van der Waals surface area contributed by atoms with Crippen LogP contribution in [0.3, 0.4) is 0 Å². The lowest BCUT2D eigenvalue weighted by molar-refractivity contribution is 0.0486. The maximum Gasteiger partial charge on any atom is 0.180 e. The van der Waals surface area contributed by atoms with Gasteiger partial charge in [0, 0.05) is 26.0 Å². The van der Waals surface area contributed by atoms with Crippen molar-refractivity contribution in [1.82, 2.24) is 14.4 Å². The smallest absolute Gasteiger partial charge is 0.180 e. The number of hydrogen-bond donors (Lipinski definition) is 3. The summed E-state index contributed by atoms with van der Waals surface area (Å²) in [5.41, 5.74) is 0.828. The Morgan fingerprint density at radius 3 is 3.06 bits per heavy atom. The summed E-state index contributed by atoms with van der Waals surface area (Å²) >= 11 is 0. The molecular weight excluding hydrogens is 230 g/mol. The van der Waals surface area contributed by atoms with E-state index in [-0.39, 0.29) is 6.10 Å². The first-order valence-corrected chi connectivity index (χ1v) is 6.19. The maximum atomic E-state index is 9.27. The third-order valence-corrected chi connectivity index (χ3v) is 3.40. The third-order valence-electron chi connectivity index (χ3n) is 3.40. The van der Waals surface area contributed by atoms with Crippen molar-refractivity contribution in [2.75, 3.05) is 24.2 Å². The second-order valence-corrected chi connectivity index (χ2v) is 4.76. The Morgan fingerprint density at radius 1 is 1.50 bits per heavy atom. The number of fused-ring (bicyclic) bond motifs is 1. The molecule has 0 radical (unpaired) electrons. The molecule has 0 atom stereocenters. The molecule has 1 saturated carbocycles. The molecule has 0 aromatic carbocycles. The van der Waals surface area contributed by atoms with E-state index < -0.39 is 0 Å². The summed E-state index contributed by atoms with van der Waals surface area (Å²) in [7, 11) is 1.84. The van der Waals surface area contributed by atoms with E-state index in [0.717, 1.165) is 36.7 Å². The number of rotatable bonds is 4. The molecule has 1 aliphatic rings. The summed E-state index contributed by atoms with van der Waals surface area (Å²) in [5.74, 6) is 2.12. The highest BCUT2D eigenvalue weighted by atomic mass is 16.3. The number of imidazole rings is 1. The van der Waals surface area contributed by atoms with Gasteiger partial charge in [0.05, 0.1) is 12.3 Å². The topological polar surface area (TPSA) is 74.5 Å². The van der Waals surface area contributed by atoms with Gasteiger partial charge in [-0.1, -0.05) is 0 Å². The first-order valence-electron chi connectivity index (χ1n) is 6.19. The minimum absolute atomic E-state index is 0.111. The van der Waals surface area contributed by atoms with Crippen molar-refractivity contribution in [3.63, 3.8) is 0 Å². The molecule has 0 unspecified atom stereocenters. The normalized spacial score (nSPS) is 22.8. The summed E-state index contributed by atoms with van der Waals surface area (Å²) in [5, 5.41) is 15.6. The molecule has 0 aliphatic heterocycles. The number of aromatic nitrogens is 3. The number of hydrogen-bond acceptors (Lipinski definition) is 5. The first-order chi connectivity index (χ1) is 8.76. The summed E-state index contributed by atoms with van der Waals surface area (Å²) in [4.78, 5) is 8.76. The van der Waals surface area contributed by atoms with Crippen LogP contribution in [0.5, 0.6) is 0 Å². The average molecular weight is 247 g/mol. The van der Waals surface area contributed by atoms with Crippen LogP contribution < -0.4 is 10.6 Å². The van der Waals surface area contributed by atoms with Crippen molar-refractivity contribution in [2.24, 2.45) is 5.92 Å². The van der Waals surface area contributed by atoms with Crippen LogP contribution in [0.4, 0.5) is 11.6 Å². The summed E-state index contributed by atoms with van der Waals surface area (Å²) < 4.78 is 1.94. The fourth-order valence-corrected chi connectivity index (χ4v) is 2.28. The lowest BCUT2D eigenvalue weighted by atomic mass is 9.82. The zero-order valence-electron chi connectivity index (χ0n) is 10.3. The molecule has 1 aliphatic carbocycles. The summed E-state index contributed by atoms with van der Waals surface area (Å²) in [6.07, 6.45) is 7.21. The molecule has 0 amide bonds. The zero-order chi connectivity index (χ0) is 12.5. The Balaban J connectivity index is 1.79.